The largest absolute Gasteiger partial charge is 0.354 e. The molecule has 0 aliphatic carbocycles. The fourth-order valence-corrected chi connectivity index (χ4v) is 3.70. The second kappa shape index (κ2) is 10.4. The summed E-state index contributed by atoms with van der Waals surface area (Å²) in [6, 6.07) is 13.5. The van der Waals surface area contributed by atoms with E-state index in [9.17, 15) is 9.59 Å². The summed E-state index contributed by atoms with van der Waals surface area (Å²) in [7, 11) is 0. The number of rotatable bonds is 8. The third kappa shape index (κ3) is 6.48. The van der Waals surface area contributed by atoms with E-state index < -0.39 is 6.04 Å². The van der Waals surface area contributed by atoms with Gasteiger partial charge >= 0.3 is 0 Å². The van der Waals surface area contributed by atoms with Crippen LogP contribution in [0.3, 0.4) is 0 Å². The molecule has 0 saturated carbocycles. The first-order valence-corrected chi connectivity index (χ1v) is 10.5. The van der Waals surface area contributed by atoms with Gasteiger partial charge in [0.1, 0.15) is 6.04 Å². The second-order valence-electron chi connectivity index (χ2n) is 7.29. The average Bonchev–Trinajstić information content (AvgIpc) is 2.62. The van der Waals surface area contributed by atoms with Crippen molar-refractivity contribution in [1.82, 2.24) is 10.2 Å². The van der Waals surface area contributed by atoms with Crippen molar-refractivity contribution in [2.45, 2.75) is 53.1 Å². The Morgan fingerprint density at radius 3 is 2.36 bits per heavy atom. The molecular formula is C23H29BrN2O2. The number of hydrogen-bond acceptors (Lipinski definition) is 2. The molecule has 0 heterocycles. The summed E-state index contributed by atoms with van der Waals surface area (Å²) in [5, 5.41) is 2.90. The summed E-state index contributed by atoms with van der Waals surface area (Å²) < 4.78 is 0.954. The van der Waals surface area contributed by atoms with Gasteiger partial charge in [0.05, 0.1) is 6.42 Å². The van der Waals surface area contributed by atoms with Crippen LogP contribution in [0.2, 0.25) is 0 Å². The monoisotopic (exact) mass is 444 g/mol. The minimum absolute atomic E-state index is 0.0517. The molecule has 0 aliphatic heterocycles. The van der Waals surface area contributed by atoms with Crippen LogP contribution in [-0.2, 0) is 22.6 Å². The van der Waals surface area contributed by atoms with Crippen LogP contribution in [0.15, 0.2) is 46.9 Å². The highest BCUT2D eigenvalue weighted by Gasteiger charge is 2.26. The lowest BCUT2D eigenvalue weighted by atomic mass is 10.0. The molecule has 2 aromatic carbocycles. The van der Waals surface area contributed by atoms with E-state index in [0.717, 1.165) is 33.1 Å². The van der Waals surface area contributed by atoms with E-state index >= 15 is 0 Å². The highest BCUT2D eigenvalue weighted by molar-refractivity contribution is 9.10. The Morgan fingerprint density at radius 2 is 1.75 bits per heavy atom. The maximum Gasteiger partial charge on any atom is 0.242 e. The second-order valence-corrected chi connectivity index (χ2v) is 8.21. The molecule has 0 unspecified atom stereocenters. The van der Waals surface area contributed by atoms with E-state index in [4.69, 9.17) is 0 Å². The molecule has 1 N–H and O–H groups in total. The summed E-state index contributed by atoms with van der Waals surface area (Å²) >= 11 is 3.48. The van der Waals surface area contributed by atoms with Gasteiger partial charge in [0.25, 0.3) is 0 Å². The lowest BCUT2D eigenvalue weighted by Crippen LogP contribution is -2.48. The third-order valence-electron chi connectivity index (χ3n) is 4.60. The van der Waals surface area contributed by atoms with Crippen LogP contribution in [0.4, 0.5) is 0 Å². The number of halogens is 1. The maximum atomic E-state index is 13.2. The van der Waals surface area contributed by atoms with E-state index in [1.807, 2.05) is 57.2 Å². The average molecular weight is 445 g/mol. The van der Waals surface area contributed by atoms with Crippen molar-refractivity contribution in [3.63, 3.8) is 0 Å². The van der Waals surface area contributed by atoms with E-state index in [1.54, 1.807) is 11.8 Å². The zero-order chi connectivity index (χ0) is 20.7. The first-order valence-electron chi connectivity index (χ1n) is 9.69. The zero-order valence-corrected chi connectivity index (χ0v) is 18.7. The van der Waals surface area contributed by atoms with Crippen molar-refractivity contribution in [1.29, 1.82) is 0 Å². The number of carbonyl (C=O) groups is 2. The topological polar surface area (TPSA) is 49.4 Å². The smallest absolute Gasteiger partial charge is 0.242 e. The molecule has 1 atom stereocenters. The Labute approximate surface area is 176 Å². The number of aryl methyl sites for hydroxylation is 2. The molecule has 0 saturated heterocycles. The Bertz CT molecular complexity index is 815. The van der Waals surface area contributed by atoms with Gasteiger partial charge in [-0.15, -0.1) is 0 Å². The number of nitrogens with zero attached hydrogens (tertiary/aromatic N) is 1. The fourth-order valence-electron chi connectivity index (χ4n) is 3.26. The zero-order valence-electron chi connectivity index (χ0n) is 17.1. The van der Waals surface area contributed by atoms with E-state index in [2.05, 4.69) is 27.3 Å². The normalized spacial score (nSPS) is 11.8. The first-order chi connectivity index (χ1) is 13.3. The molecule has 5 heteroatoms. The molecule has 150 valence electrons. The van der Waals surface area contributed by atoms with Gasteiger partial charge in [0, 0.05) is 17.6 Å². The molecule has 0 fully saturated rings. The molecule has 4 nitrogen and oxygen atoms in total. The van der Waals surface area contributed by atoms with Gasteiger partial charge in [-0.1, -0.05) is 64.3 Å². The molecule has 0 bridgehead atoms. The predicted octanol–water partition coefficient (Wildman–Crippen LogP) is 4.55. The first kappa shape index (κ1) is 22.2. The molecule has 2 amide bonds. The molecule has 0 radical (unpaired) electrons. The number of hydrogen-bond donors (Lipinski definition) is 1. The van der Waals surface area contributed by atoms with Crippen molar-refractivity contribution in [2.24, 2.45) is 0 Å². The van der Waals surface area contributed by atoms with Gasteiger partial charge in [-0.25, -0.2) is 0 Å². The van der Waals surface area contributed by atoms with Crippen LogP contribution in [-0.4, -0.2) is 29.3 Å². The quantitative estimate of drug-likeness (QED) is 0.648. The standard InChI is InChI=1S/C23H29BrN2O2/c1-5-9-25-23(28)18(4)26(15-19-7-6-8-21(24)13-19)22(27)14-20-11-16(2)10-17(3)12-20/h6-8,10-13,18H,5,9,14-15H2,1-4H3,(H,25,28)/t18-/m0/s1. The fraction of sp³-hybridized carbons (Fsp3) is 0.391. The summed E-state index contributed by atoms with van der Waals surface area (Å²) in [6.45, 7) is 8.86. The Kier molecular flexibility index (Phi) is 8.24. The molecule has 2 rings (SSSR count). The highest BCUT2D eigenvalue weighted by atomic mass is 79.9. The van der Waals surface area contributed by atoms with E-state index in [-0.39, 0.29) is 18.2 Å². The summed E-state index contributed by atoms with van der Waals surface area (Å²) in [5.74, 6) is -0.172. The van der Waals surface area contributed by atoms with Crippen LogP contribution in [0.1, 0.15) is 42.5 Å². The minimum Gasteiger partial charge on any atom is -0.354 e. The van der Waals surface area contributed by atoms with Crippen LogP contribution in [0, 0.1) is 13.8 Å². The van der Waals surface area contributed by atoms with Crippen LogP contribution in [0.25, 0.3) is 0 Å². The Morgan fingerprint density at radius 1 is 1.07 bits per heavy atom. The third-order valence-corrected chi connectivity index (χ3v) is 5.09. The van der Waals surface area contributed by atoms with Crippen molar-refractivity contribution in [2.75, 3.05) is 6.54 Å². The highest BCUT2D eigenvalue weighted by Crippen LogP contribution is 2.17. The number of benzene rings is 2. The number of amides is 2. The van der Waals surface area contributed by atoms with Crippen LogP contribution in [0.5, 0.6) is 0 Å². The van der Waals surface area contributed by atoms with Gasteiger partial charge in [-0.05, 0) is 50.5 Å². The van der Waals surface area contributed by atoms with Crippen molar-refractivity contribution < 1.29 is 9.59 Å². The number of nitrogens with one attached hydrogen (secondary N) is 1. The van der Waals surface area contributed by atoms with Gasteiger partial charge in [-0.3, -0.25) is 9.59 Å². The summed E-state index contributed by atoms with van der Waals surface area (Å²) in [5.41, 5.74) is 4.23. The molecule has 28 heavy (non-hydrogen) atoms. The van der Waals surface area contributed by atoms with Gasteiger partial charge in [-0.2, -0.15) is 0 Å². The van der Waals surface area contributed by atoms with Crippen LogP contribution < -0.4 is 5.32 Å². The molecule has 2 aromatic rings. The SMILES string of the molecule is CCCNC(=O)[C@H](C)N(Cc1cccc(Br)c1)C(=O)Cc1cc(C)cc(C)c1. The van der Waals surface area contributed by atoms with E-state index in [1.165, 1.54) is 0 Å². The lowest BCUT2D eigenvalue weighted by Gasteiger charge is -2.29. The lowest BCUT2D eigenvalue weighted by molar-refractivity contribution is -0.140. The molecular weight excluding hydrogens is 416 g/mol. The van der Waals surface area contributed by atoms with Gasteiger partial charge < -0.3 is 10.2 Å². The van der Waals surface area contributed by atoms with Gasteiger partial charge in [0.15, 0.2) is 0 Å². The molecule has 0 aliphatic rings. The van der Waals surface area contributed by atoms with Crippen molar-refractivity contribution in [3.8, 4) is 0 Å². The minimum atomic E-state index is -0.538. The Balaban J connectivity index is 2.24. The molecule has 0 spiro atoms. The Hall–Kier alpha value is -2.14. The van der Waals surface area contributed by atoms with Crippen LogP contribution >= 0.6 is 15.9 Å². The number of carbonyl (C=O) groups excluding carboxylic acids is 2. The predicted molar refractivity (Wildman–Crippen MR) is 117 cm³/mol. The van der Waals surface area contributed by atoms with Crippen molar-refractivity contribution >= 4 is 27.7 Å². The maximum absolute atomic E-state index is 13.2. The van der Waals surface area contributed by atoms with Gasteiger partial charge in [0.2, 0.25) is 11.8 Å². The molecule has 0 aromatic heterocycles. The summed E-state index contributed by atoms with van der Waals surface area (Å²) in [6.07, 6.45) is 1.14. The van der Waals surface area contributed by atoms with Crippen molar-refractivity contribution in [3.05, 3.63) is 69.2 Å². The summed E-state index contributed by atoms with van der Waals surface area (Å²) in [4.78, 5) is 27.4. The van der Waals surface area contributed by atoms with E-state index in [0.29, 0.717) is 13.1 Å².